The summed E-state index contributed by atoms with van der Waals surface area (Å²) in [6, 6.07) is 10.3. The number of hydrogen-bond donors (Lipinski definition) is 2. The molecule has 0 radical (unpaired) electrons. The van der Waals surface area contributed by atoms with Gasteiger partial charge in [-0.3, -0.25) is 9.78 Å². The van der Waals surface area contributed by atoms with Crippen molar-refractivity contribution in [3.8, 4) is 0 Å². The average molecular weight is 392 g/mol. The van der Waals surface area contributed by atoms with Crippen LogP contribution in [0.2, 0.25) is 0 Å². The first kappa shape index (κ1) is 20.1. The molecule has 2 atom stereocenters. The molecular weight excluding hydrogens is 369 g/mol. The number of carbonyl (C=O) groups is 1. The third kappa shape index (κ3) is 4.62. The third-order valence-electron chi connectivity index (χ3n) is 4.98. The highest BCUT2D eigenvalue weighted by Gasteiger charge is 2.36. The molecule has 28 heavy (non-hydrogen) atoms. The molecule has 0 saturated carbocycles. The van der Waals surface area contributed by atoms with E-state index in [9.17, 15) is 18.0 Å². The molecule has 3 rings (SSSR count). The SMILES string of the molecule is CN(C)c1ccc(CNC(=O)[C@H]2CNC[C@@H]2c2ccc(C(F)(F)F)nc2)cc1. The normalized spacial score (nSPS) is 19.5. The van der Waals surface area contributed by atoms with Crippen LogP contribution in [0.3, 0.4) is 0 Å². The molecule has 0 spiro atoms. The molecule has 150 valence electrons. The lowest BCUT2D eigenvalue weighted by atomic mass is 9.89. The first-order chi connectivity index (χ1) is 13.3. The van der Waals surface area contributed by atoms with Crippen molar-refractivity contribution in [3.05, 3.63) is 59.4 Å². The van der Waals surface area contributed by atoms with Crippen molar-refractivity contribution >= 4 is 11.6 Å². The standard InChI is InChI=1S/C20H23F3N4O/c1-27(2)15-6-3-13(4-7-15)9-26-19(28)17-12-24-11-16(17)14-5-8-18(25-10-14)20(21,22)23/h3-8,10,16-17,24H,9,11-12H2,1-2H3,(H,26,28)/t16-,17+/m1/s1. The summed E-state index contributed by atoms with van der Waals surface area (Å²) in [5.41, 5.74) is 1.76. The molecule has 1 aromatic carbocycles. The Kier molecular flexibility index (Phi) is 5.88. The Hall–Kier alpha value is -2.61. The van der Waals surface area contributed by atoms with Crippen molar-refractivity contribution in [2.75, 3.05) is 32.1 Å². The Bertz CT molecular complexity index is 804. The van der Waals surface area contributed by atoms with Crippen LogP contribution in [0.4, 0.5) is 18.9 Å². The summed E-state index contributed by atoms with van der Waals surface area (Å²) in [5, 5.41) is 6.08. The fourth-order valence-corrected chi connectivity index (χ4v) is 3.33. The van der Waals surface area contributed by atoms with E-state index in [1.165, 1.54) is 12.3 Å². The number of rotatable bonds is 5. The summed E-state index contributed by atoms with van der Waals surface area (Å²) in [6.45, 7) is 1.42. The molecule has 1 aromatic heterocycles. The molecule has 1 saturated heterocycles. The Balaban J connectivity index is 1.62. The average Bonchev–Trinajstić information content (AvgIpc) is 3.16. The zero-order valence-electron chi connectivity index (χ0n) is 15.8. The van der Waals surface area contributed by atoms with E-state index in [1.807, 2.05) is 43.3 Å². The van der Waals surface area contributed by atoms with Crippen molar-refractivity contribution in [2.24, 2.45) is 5.92 Å². The lowest BCUT2D eigenvalue weighted by Gasteiger charge is -2.19. The fraction of sp³-hybridized carbons (Fsp3) is 0.400. The monoisotopic (exact) mass is 392 g/mol. The molecular formula is C20H23F3N4O. The predicted molar refractivity (Wildman–Crippen MR) is 101 cm³/mol. The summed E-state index contributed by atoms with van der Waals surface area (Å²) >= 11 is 0. The molecule has 0 bridgehead atoms. The van der Waals surface area contributed by atoms with E-state index in [4.69, 9.17) is 0 Å². The van der Waals surface area contributed by atoms with Crippen molar-refractivity contribution in [2.45, 2.75) is 18.6 Å². The highest BCUT2D eigenvalue weighted by Crippen LogP contribution is 2.31. The molecule has 1 amide bonds. The number of anilines is 1. The summed E-state index contributed by atoms with van der Waals surface area (Å²) < 4.78 is 38.1. The van der Waals surface area contributed by atoms with Gasteiger partial charge in [-0.1, -0.05) is 18.2 Å². The quantitative estimate of drug-likeness (QED) is 0.822. The van der Waals surface area contributed by atoms with Gasteiger partial charge in [0, 0.05) is 51.5 Å². The van der Waals surface area contributed by atoms with Crippen LogP contribution in [-0.2, 0) is 17.5 Å². The Labute approximate surface area is 162 Å². The van der Waals surface area contributed by atoms with Crippen LogP contribution < -0.4 is 15.5 Å². The summed E-state index contributed by atoms with van der Waals surface area (Å²) in [4.78, 5) is 18.2. The van der Waals surface area contributed by atoms with Crippen LogP contribution in [0, 0.1) is 5.92 Å². The number of nitrogens with zero attached hydrogens (tertiary/aromatic N) is 2. The maximum absolute atomic E-state index is 12.7. The van der Waals surface area contributed by atoms with Gasteiger partial charge < -0.3 is 15.5 Å². The second-order valence-electron chi connectivity index (χ2n) is 7.12. The van der Waals surface area contributed by atoms with Gasteiger partial charge in [-0.2, -0.15) is 13.2 Å². The van der Waals surface area contributed by atoms with Gasteiger partial charge in [0.1, 0.15) is 5.69 Å². The maximum Gasteiger partial charge on any atom is 0.433 e. The Morgan fingerprint density at radius 3 is 2.46 bits per heavy atom. The summed E-state index contributed by atoms with van der Waals surface area (Å²) in [6.07, 6.45) is -3.24. The van der Waals surface area contributed by atoms with Crippen LogP contribution in [0.15, 0.2) is 42.6 Å². The van der Waals surface area contributed by atoms with Crippen LogP contribution >= 0.6 is 0 Å². The number of hydrogen-bond acceptors (Lipinski definition) is 4. The second kappa shape index (κ2) is 8.18. The van der Waals surface area contributed by atoms with Crippen molar-refractivity contribution in [3.63, 3.8) is 0 Å². The molecule has 0 aliphatic carbocycles. The maximum atomic E-state index is 12.7. The topological polar surface area (TPSA) is 57.3 Å². The molecule has 2 aromatic rings. The number of aromatic nitrogens is 1. The zero-order valence-corrected chi connectivity index (χ0v) is 15.8. The molecule has 1 aliphatic rings. The molecule has 5 nitrogen and oxygen atoms in total. The third-order valence-corrected chi connectivity index (χ3v) is 4.98. The van der Waals surface area contributed by atoms with Gasteiger partial charge in [-0.15, -0.1) is 0 Å². The van der Waals surface area contributed by atoms with Gasteiger partial charge in [0.05, 0.1) is 5.92 Å². The smallest absolute Gasteiger partial charge is 0.378 e. The van der Waals surface area contributed by atoms with E-state index in [-0.39, 0.29) is 17.7 Å². The largest absolute Gasteiger partial charge is 0.433 e. The molecule has 8 heteroatoms. The van der Waals surface area contributed by atoms with E-state index in [1.54, 1.807) is 0 Å². The number of halogens is 3. The van der Waals surface area contributed by atoms with Crippen molar-refractivity contribution in [1.82, 2.24) is 15.6 Å². The Morgan fingerprint density at radius 2 is 1.89 bits per heavy atom. The van der Waals surface area contributed by atoms with E-state index in [0.717, 1.165) is 17.3 Å². The van der Waals surface area contributed by atoms with Crippen LogP contribution in [0.25, 0.3) is 0 Å². The van der Waals surface area contributed by atoms with Gasteiger partial charge in [0.25, 0.3) is 0 Å². The van der Waals surface area contributed by atoms with Gasteiger partial charge >= 0.3 is 6.18 Å². The highest BCUT2D eigenvalue weighted by atomic mass is 19.4. The van der Waals surface area contributed by atoms with Gasteiger partial charge in [0.2, 0.25) is 5.91 Å². The number of amides is 1. The van der Waals surface area contributed by atoms with E-state index in [2.05, 4.69) is 15.6 Å². The molecule has 2 heterocycles. The second-order valence-corrected chi connectivity index (χ2v) is 7.12. The number of carbonyl (C=O) groups excluding carboxylic acids is 1. The first-order valence-corrected chi connectivity index (χ1v) is 9.03. The minimum atomic E-state index is -4.47. The van der Waals surface area contributed by atoms with E-state index < -0.39 is 11.9 Å². The van der Waals surface area contributed by atoms with Crippen LogP contribution in [-0.4, -0.2) is 38.1 Å². The predicted octanol–water partition coefficient (Wildman–Crippen LogP) is 2.79. The lowest BCUT2D eigenvalue weighted by Crippen LogP contribution is -2.34. The fourth-order valence-electron chi connectivity index (χ4n) is 3.33. The minimum absolute atomic E-state index is 0.119. The number of nitrogens with one attached hydrogen (secondary N) is 2. The van der Waals surface area contributed by atoms with E-state index in [0.29, 0.717) is 25.2 Å². The number of pyridine rings is 1. The van der Waals surface area contributed by atoms with Gasteiger partial charge in [0.15, 0.2) is 0 Å². The lowest BCUT2D eigenvalue weighted by molar-refractivity contribution is -0.141. The highest BCUT2D eigenvalue weighted by molar-refractivity contribution is 5.80. The van der Waals surface area contributed by atoms with Gasteiger partial charge in [-0.25, -0.2) is 0 Å². The molecule has 2 N–H and O–H groups in total. The summed E-state index contributed by atoms with van der Waals surface area (Å²) in [5.74, 6) is -0.669. The minimum Gasteiger partial charge on any atom is -0.378 e. The van der Waals surface area contributed by atoms with E-state index >= 15 is 0 Å². The molecule has 1 aliphatic heterocycles. The first-order valence-electron chi connectivity index (χ1n) is 9.03. The van der Waals surface area contributed by atoms with Crippen LogP contribution in [0.1, 0.15) is 22.7 Å². The zero-order chi connectivity index (χ0) is 20.3. The summed E-state index contributed by atoms with van der Waals surface area (Å²) in [7, 11) is 3.92. The molecule has 0 unspecified atom stereocenters. The number of alkyl halides is 3. The van der Waals surface area contributed by atoms with Crippen molar-refractivity contribution in [1.29, 1.82) is 0 Å². The van der Waals surface area contributed by atoms with Crippen molar-refractivity contribution < 1.29 is 18.0 Å². The van der Waals surface area contributed by atoms with Gasteiger partial charge in [-0.05, 0) is 29.3 Å². The Morgan fingerprint density at radius 1 is 1.18 bits per heavy atom. The van der Waals surface area contributed by atoms with Crippen LogP contribution in [0.5, 0.6) is 0 Å². The molecule has 1 fully saturated rings. The number of benzene rings is 1.